The topological polar surface area (TPSA) is 15.3 Å². The van der Waals surface area contributed by atoms with Crippen molar-refractivity contribution >= 4 is 5.69 Å². The highest BCUT2D eigenvalue weighted by Gasteiger charge is 2.24. The van der Waals surface area contributed by atoms with Crippen molar-refractivity contribution in [1.29, 1.82) is 0 Å². The van der Waals surface area contributed by atoms with Crippen LogP contribution < -0.4 is 10.2 Å². The molecule has 0 radical (unpaired) electrons. The van der Waals surface area contributed by atoms with E-state index in [1.165, 1.54) is 31.4 Å². The van der Waals surface area contributed by atoms with Gasteiger partial charge in [-0.2, -0.15) is 0 Å². The third-order valence-electron chi connectivity index (χ3n) is 4.71. The van der Waals surface area contributed by atoms with Crippen molar-refractivity contribution in [1.82, 2.24) is 5.32 Å². The standard InChI is InChI=1S/C18H30N2/c1-15-10-11-18(16(2)14-15)19-12-7-13-20(3)17-8-5-4-6-9-17/h4-6,8-9,15-16,18-19H,7,10-14H2,1-3H3. The Morgan fingerprint density at radius 3 is 2.60 bits per heavy atom. The number of hydrogen-bond donors (Lipinski definition) is 1. The van der Waals surface area contributed by atoms with Crippen molar-refractivity contribution in [3.8, 4) is 0 Å². The first-order chi connectivity index (χ1) is 9.66. The van der Waals surface area contributed by atoms with Crippen LogP contribution in [0.5, 0.6) is 0 Å². The van der Waals surface area contributed by atoms with Crippen LogP contribution in [0.4, 0.5) is 5.69 Å². The molecular formula is C18H30N2. The molecule has 1 aromatic rings. The first kappa shape index (κ1) is 15.4. The molecule has 0 aromatic heterocycles. The Labute approximate surface area is 124 Å². The Morgan fingerprint density at radius 2 is 1.90 bits per heavy atom. The summed E-state index contributed by atoms with van der Waals surface area (Å²) in [6.45, 7) is 7.06. The predicted octanol–water partition coefficient (Wildman–Crippen LogP) is 3.93. The molecule has 112 valence electrons. The molecule has 1 aliphatic carbocycles. The van der Waals surface area contributed by atoms with E-state index in [-0.39, 0.29) is 0 Å². The van der Waals surface area contributed by atoms with Crippen molar-refractivity contribution in [2.24, 2.45) is 11.8 Å². The minimum atomic E-state index is 0.744. The fraction of sp³-hybridized carbons (Fsp3) is 0.667. The molecular weight excluding hydrogens is 244 g/mol. The summed E-state index contributed by atoms with van der Waals surface area (Å²) < 4.78 is 0. The predicted molar refractivity (Wildman–Crippen MR) is 88.3 cm³/mol. The normalized spacial score (nSPS) is 26.4. The third-order valence-corrected chi connectivity index (χ3v) is 4.71. The second-order valence-corrected chi connectivity index (χ2v) is 6.57. The lowest BCUT2D eigenvalue weighted by atomic mass is 9.80. The summed E-state index contributed by atoms with van der Waals surface area (Å²) in [5, 5.41) is 3.77. The maximum atomic E-state index is 3.77. The highest BCUT2D eigenvalue weighted by atomic mass is 15.1. The van der Waals surface area contributed by atoms with Crippen LogP contribution in [0.25, 0.3) is 0 Å². The molecule has 0 saturated heterocycles. The van der Waals surface area contributed by atoms with E-state index in [9.17, 15) is 0 Å². The molecule has 0 bridgehead atoms. The van der Waals surface area contributed by atoms with E-state index >= 15 is 0 Å². The monoisotopic (exact) mass is 274 g/mol. The first-order valence-corrected chi connectivity index (χ1v) is 8.16. The Hall–Kier alpha value is -1.02. The summed E-state index contributed by atoms with van der Waals surface area (Å²) in [5.74, 6) is 1.76. The number of benzene rings is 1. The molecule has 3 unspecified atom stereocenters. The van der Waals surface area contributed by atoms with Crippen molar-refractivity contribution in [2.75, 3.05) is 25.0 Å². The zero-order valence-corrected chi connectivity index (χ0v) is 13.3. The summed E-state index contributed by atoms with van der Waals surface area (Å²) in [6, 6.07) is 11.4. The second-order valence-electron chi connectivity index (χ2n) is 6.57. The minimum Gasteiger partial charge on any atom is -0.375 e. The quantitative estimate of drug-likeness (QED) is 0.791. The summed E-state index contributed by atoms with van der Waals surface area (Å²) in [5.41, 5.74) is 1.31. The van der Waals surface area contributed by atoms with Crippen LogP contribution in [0.15, 0.2) is 30.3 Å². The van der Waals surface area contributed by atoms with E-state index in [0.29, 0.717) is 0 Å². The smallest absolute Gasteiger partial charge is 0.0363 e. The summed E-state index contributed by atoms with van der Waals surface area (Å²) in [4.78, 5) is 2.34. The largest absolute Gasteiger partial charge is 0.375 e. The number of anilines is 1. The van der Waals surface area contributed by atoms with Crippen LogP contribution in [0, 0.1) is 11.8 Å². The molecule has 2 heteroatoms. The fourth-order valence-corrected chi connectivity index (χ4v) is 3.38. The molecule has 1 N–H and O–H groups in total. The lowest BCUT2D eigenvalue weighted by Gasteiger charge is -2.33. The molecule has 1 aliphatic rings. The van der Waals surface area contributed by atoms with Gasteiger partial charge in [-0.3, -0.25) is 0 Å². The van der Waals surface area contributed by atoms with Gasteiger partial charge >= 0.3 is 0 Å². The van der Waals surface area contributed by atoms with E-state index in [1.54, 1.807) is 0 Å². The number of rotatable bonds is 6. The SMILES string of the molecule is CC1CCC(NCCCN(C)c2ccccc2)C(C)C1. The maximum Gasteiger partial charge on any atom is 0.0363 e. The second kappa shape index (κ2) is 7.68. The van der Waals surface area contributed by atoms with Gasteiger partial charge in [0.2, 0.25) is 0 Å². The van der Waals surface area contributed by atoms with Crippen molar-refractivity contribution in [3.63, 3.8) is 0 Å². The number of hydrogen-bond acceptors (Lipinski definition) is 2. The number of nitrogens with one attached hydrogen (secondary N) is 1. The van der Waals surface area contributed by atoms with Gasteiger partial charge in [0.1, 0.15) is 0 Å². The summed E-state index contributed by atoms with van der Waals surface area (Å²) >= 11 is 0. The molecule has 0 aliphatic heterocycles. The fourth-order valence-electron chi connectivity index (χ4n) is 3.38. The van der Waals surface area contributed by atoms with Crippen molar-refractivity contribution in [2.45, 2.75) is 45.6 Å². The molecule has 0 spiro atoms. The van der Waals surface area contributed by atoms with Crippen LogP contribution in [0.3, 0.4) is 0 Å². The number of para-hydroxylation sites is 1. The minimum absolute atomic E-state index is 0.744. The van der Waals surface area contributed by atoms with Gasteiger partial charge in [-0.1, -0.05) is 32.0 Å². The van der Waals surface area contributed by atoms with Gasteiger partial charge in [-0.25, -0.2) is 0 Å². The van der Waals surface area contributed by atoms with Gasteiger partial charge in [-0.05, 0) is 56.2 Å². The average Bonchev–Trinajstić information content (AvgIpc) is 2.46. The summed E-state index contributed by atoms with van der Waals surface area (Å²) in [7, 11) is 2.18. The van der Waals surface area contributed by atoms with Gasteiger partial charge in [0.05, 0.1) is 0 Å². The molecule has 20 heavy (non-hydrogen) atoms. The van der Waals surface area contributed by atoms with Crippen molar-refractivity contribution < 1.29 is 0 Å². The molecule has 0 amide bonds. The highest BCUT2D eigenvalue weighted by molar-refractivity contribution is 5.44. The van der Waals surface area contributed by atoms with Gasteiger partial charge in [-0.15, -0.1) is 0 Å². The van der Waals surface area contributed by atoms with Crippen LogP contribution in [0.1, 0.15) is 39.5 Å². The average molecular weight is 274 g/mol. The van der Waals surface area contributed by atoms with Gasteiger partial charge in [0.25, 0.3) is 0 Å². The van der Waals surface area contributed by atoms with Crippen LogP contribution in [-0.4, -0.2) is 26.2 Å². The van der Waals surface area contributed by atoms with Gasteiger partial charge in [0.15, 0.2) is 0 Å². The first-order valence-electron chi connectivity index (χ1n) is 8.16. The Kier molecular flexibility index (Phi) is 5.90. The third kappa shape index (κ3) is 4.52. The van der Waals surface area contributed by atoms with E-state index in [2.05, 4.69) is 61.4 Å². The molecule has 1 aromatic carbocycles. The molecule has 3 atom stereocenters. The maximum absolute atomic E-state index is 3.77. The summed E-state index contributed by atoms with van der Waals surface area (Å²) in [6.07, 6.45) is 5.36. The zero-order valence-electron chi connectivity index (χ0n) is 13.3. The van der Waals surface area contributed by atoms with Gasteiger partial charge in [0, 0.05) is 25.3 Å². The molecule has 1 fully saturated rings. The molecule has 2 nitrogen and oxygen atoms in total. The van der Waals surface area contributed by atoms with E-state index in [1.807, 2.05) is 0 Å². The molecule has 0 heterocycles. The van der Waals surface area contributed by atoms with Crippen molar-refractivity contribution in [3.05, 3.63) is 30.3 Å². The van der Waals surface area contributed by atoms with Gasteiger partial charge < -0.3 is 10.2 Å². The Morgan fingerprint density at radius 1 is 1.15 bits per heavy atom. The Balaban J connectivity index is 1.64. The van der Waals surface area contributed by atoms with Crippen LogP contribution in [-0.2, 0) is 0 Å². The molecule has 1 saturated carbocycles. The van der Waals surface area contributed by atoms with E-state index in [0.717, 1.165) is 31.0 Å². The van der Waals surface area contributed by atoms with Crippen LogP contribution in [0.2, 0.25) is 0 Å². The zero-order chi connectivity index (χ0) is 14.4. The van der Waals surface area contributed by atoms with Crippen LogP contribution >= 0.6 is 0 Å². The highest BCUT2D eigenvalue weighted by Crippen LogP contribution is 2.28. The van der Waals surface area contributed by atoms with E-state index < -0.39 is 0 Å². The Bertz CT molecular complexity index is 376. The molecule has 2 rings (SSSR count). The van der Waals surface area contributed by atoms with E-state index in [4.69, 9.17) is 0 Å². The number of nitrogens with zero attached hydrogens (tertiary/aromatic N) is 1. The lowest BCUT2D eigenvalue weighted by Crippen LogP contribution is -2.40. The lowest BCUT2D eigenvalue weighted by molar-refractivity contribution is 0.228.